The van der Waals surface area contributed by atoms with Crippen molar-refractivity contribution in [2.75, 3.05) is 13.1 Å². The van der Waals surface area contributed by atoms with Crippen LogP contribution in [0.1, 0.15) is 71.1 Å². The molecule has 1 atom stereocenters. The van der Waals surface area contributed by atoms with E-state index in [9.17, 15) is 9.59 Å². The van der Waals surface area contributed by atoms with Crippen molar-refractivity contribution in [2.24, 2.45) is 0 Å². The summed E-state index contributed by atoms with van der Waals surface area (Å²) in [5.74, 6) is -0.135. The van der Waals surface area contributed by atoms with E-state index >= 15 is 0 Å². The van der Waals surface area contributed by atoms with Gasteiger partial charge >= 0.3 is 6.03 Å². The van der Waals surface area contributed by atoms with Gasteiger partial charge in [0.25, 0.3) is 5.91 Å². The first-order valence-corrected chi connectivity index (χ1v) is 9.13. The van der Waals surface area contributed by atoms with Crippen LogP contribution in [0.5, 0.6) is 0 Å². The van der Waals surface area contributed by atoms with Crippen molar-refractivity contribution in [1.29, 1.82) is 0 Å². The Labute approximate surface area is 134 Å². The van der Waals surface area contributed by atoms with Crippen LogP contribution in [0.3, 0.4) is 0 Å². The number of hydrogen-bond acceptors (Lipinski definition) is 2. The standard InChI is InChI=1S/C17H31N3O2/c1-14(20-12-8-3-2-4-9-13-20)16(21)19-17(22)18-15-10-6-5-7-11-15/h14-15H,2-13H2,1H3,(H2,18,19,21,22)/p+1/t14-/m0/s1. The van der Waals surface area contributed by atoms with Gasteiger partial charge < -0.3 is 10.2 Å². The van der Waals surface area contributed by atoms with E-state index in [4.69, 9.17) is 0 Å². The Morgan fingerprint density at radius 3 is 2.09 bits per heavy atom. The molecular formula is C17H32N3O2+. The average Bonchev–Trinajstić information content (AvgIpc) is 2.47. The lowest BCUT2D eigenvalue weighted by Crippen LogP contribution is -3.16. The summed E-state index contributed by atoms with van der Waals surface area (Å²) in [6.07, 6.45) is 11.9. The van der Waals surface area contributed by atoms with Gasteiger partial charge in [0.15, 0.2) is 6.04 Å². The third-order valence-corrected chi connectivity index (χ3v) is 5.18. The van der Waals surface area contributed by atoms with Crippen molar-refractivity contribution in [2.45, 2.75) is 83.2 Å². The summed E-state index contributed by atoms with van der Waals surface area (Å²) in [6, 6.07) is -0.212. The van der Waals surface area contributed by atoms with Crippen LogP contribution in [0, 0.1) is 0 Å². The number of urea groups is 1. The Morgan fingerprint density at radius 2 is 1.45 bits per heavy atom. The molecule has 0 aromatic carbocycles. The third kappa shape index (κ3) is 5.59. The summed E-state index contributed by atoms with van der Waals surface area (Å²) in [5.41, 5.74) is 0. The normalized spacial score (nSPS) is 23.1. The van der Waals surface area contributed by atoms with Crippen molar-refractivity contribution in [3.63, 3.8) is 0 Å². The monoisotopic (exact) mass is 310 g/mol. The van der Waals surface area contributed by atoms with Crippen LogP contribution in [0.2, 0.25) is 0 Å². The van der Waals surface area contributed by atoms with Gasteiger partial charge in [0, 0.05) is 6.04 Å². The Bertz CT molecular complexity index is 359. The largest absolute Gasteiger partial charge is 0.335 e. The molecular weight excluding hydrogens is 278 g/mol. The molecule has 1 aliphatic carbocycles. The van der Waals surface area contributed by atoms with Gasteiger partial charge in [-0.25, -0.2) is 4.79 Å². The first-order chi connectivity index (χ1) is 10.7. The molecule has 0 spiro atoms. The molecule has 0 radical (unpaired) electrons. The highest BCUT2D eigenvalue weighted by molar-refractivity contribution is 5.96. The quantitative estimate of drug-likeness (QED) is 0.737. The molecule has 0 bridgehead atoms. The van der Waals surface area contributed by atoms with E-state index in [2.05, 4.69) is 10.6 Å². The Balaban J connectivity index is 1.75. The first kappa shape index (κ1) is 17.3. The number of amides is 3. The second-order valence-corrected chi connectivity index (χ2v) is 6.95. The molecule has 0 aromatic heterocycles. The molecule has 2 fully saturated rings. The van der Waals surface area contributed by atoms with Crippen molar-refractivity contribution in [3.05, 3.63) is 0 Å². The molecule has 1 heterocycles. The number of likely N-dealkylation sites (tertiary alicyclic amines) is 1. The molecule has 2 rings (SSSR count). The van der Waals surface area contributed by atoms with Crippen LogP contribution in [-0.2, 0) is 4.79 Å². The minimum absolute atomic E-state index is 0.135. The highest BCUT2D eigenvalue weighted by Crippen LogP contribution is 2.17. The number of imide groups is 1. The predicted molar refractivity (Wildman–Crippen MR) is 86.8 cm³/mol. The summed E-state index contributed by atoms with van der Waals surface area (Å²) in [6.45, 7) is 4.03. The van der Waals surface area contributed by atoms with E-state index in [0.29, 0.717) is 0 Å². The molecule has 1 aliphatic heterocycles. The second-order valence-electron chi connectivity index (χ2n) is 6.95. The van der Waals surface area contributed by atoms with E-state index in [1.54, 1.807) is 0 Å². The maximum atomic E-state index is 12.3. The second kappa shape index (κ2) is 9.13. The van der Waals surface area contributed by atoms with Crippen molar-refractivity contribution < 1.29 is 14.5 Å². The Morgan fingerprint density at radius 1 is 0.909 bits per heavy atom. The van der Waals surface area contributed by atoms with E-state index in [0.717, 1.165) is 25.9 Å². The fourth-order valence-electron chi connectivity index (χ4n) is 3.67. The van der Waals surface area contributed by atoms with Crippen molar-refractivity contribution >= 4 is 11.9 Å². The van der Waals surface area contributed by atoms with Crippen LogP contribution < -0.4 is 15.5 Å². The van der Waals surface area contributed by atoms with Crippen LogP contribution in [0.25, 0.3) is 0 Å². The highest BCUT2D eigenvalue weighted by Gasteiger charge is 2.27. The molecule has 0 unspecified atom stereocenters. The van der Waals surface area contributed by atoms with Gasteiger partial charge in [0.2, 0.25) is 0 Å². The van der Waals surface area contributed by atoms with E-state index in [1.165, 1.54) is 56.3 Å². The van der Waals surface area contributed by atoms with Gasteiger partial charge in [-0.15, -0.1) is 0 Å². The van der Waals surface area contributed by atoms with Crippen LogP contribution in [0.15, 0.2) is 0 Å². The van der Waals surface area contributed by atoms with Gasteiger partial charge in [-0.2, -0.15) is 0 Å². The summed E-state index contributed by atoms with van der Waals surface area (Å²) in [4.78, 5) is 25.6. The predicted octanol–water partition coefficient (Wildman–Crippen LogP) is 1.38. The van der Waals surface area contributed by atoms with Gasteiger partial charge in [-0.05, 0) is 45.4 Å². The minimum Gasteiger partial charge on any atom is -0.335 e. The molecule has 22 heavy (non-hydrogen) atoms. The van der Waals surface area contributed by atoms with Crippen molar-refractivity contribution in [1.82, 2.24) is 10.6 Å². The summed E-state index contributed by atoms with van der Waals surface area (Å²) in [5, 5.41) is 5.50. The zero-order valence-corrected chi connectivity index (χ0v) is 14.0. The molecule has 5 heteroatoms. The molecule has 1 saturated heterocycles. The molecule has 2 aliphatic rings. The topological polar surface area (TPSA) is 62.6 Å². The smallest absolute Gasteiger partial charge is 0.321 e. The van der Waals surface area contributed by atoms with Crippen LogP contribution in [-0.4, -0.2) is 37.1 Å². The number of carbonyl (C=O) groups excluding carboxylic acids is 2. The Kier molecular flexibility index (Phi) is 7.16. The molecule has 3 amide bonds. The number of nitrogens with one attached hydrogen (secondary N) is 3. The maximum absolute atomic E-state index is 12.3. The molecule has 0 aromatic rings. The van der Waals surface area contributed by atoms with Crippen LogP contribution in [0.4, 0.5) is 4.79 Å². The highest BCUT2D eigenvalue weighted by atomic mass is 16.2. The fourth-order valence-corrected chi connectivity index (χ4v) is 3.67. The first-order valence-electron chi connectivity index (χ1n) is 9.13. The average molecular weight is 310 g/mol. The van der Waals surface area contributed by atoms with Crippen LogP contribution >= 0.6 is 0 Å². The fraction of sp³-hybridized carbons (Fsp3) is 0.882. The zero-order valence-electron chi connectivity index (χ0n) is 14.0. The van der Waals surface area contributed by atoms with E-state index < -0.39 is 0 Å². The number of quaternary nitrogens is 1. The zero-order chi connectivity index (χ0) is 15.8. The summed E-state index contributed by atoms with van der Waals surface area (Å²) >= 11 is 0. The van der Waals surface area contributed by atoms with Crippen molar-refractivity contribution in [3.8, 4) is 0 Å². The van der Waals surface area contributed by atoms with Gasteiger partial charge in [0.1, 0.15) is 0 Å². The van der Waals surface area contributed by atoms with Gasteiger partial charge in [-0.1, -0.05) is 25.7 Å². The summed E-state index contributed by atoms with van der Waals surface area (Å²) in [7, 11) is 0. The lowest BCUT2D eigenvalue weighted by Gasteiger charge is -2.27. The molecule has 5 nitrogen and oxygen atoms in total. The van der Waals surface area contributed by atoms with Gasteiger partial charge in [-0.3, -0.25) is 10.1 Å². The Hall–Kier alpha value is -1.10. The lowest BCUT2D eigenvalue weighted by molar-refractivity contribution is -0.915. The lowest BCUT2D eigenvalue weighted by atomic mass is 9.96. The van der Waals surface area contributed by atoms with E-state index in [-0.39, 0.29) is 24.0 Å². The van der Waals surface area contributed by atoms with E-state index in [1.807, 2.05) is 6.92 Å². The minimum atomic E-state index is -0.310. The molecule has 126 valence electrons. The third-order valence-electron chi connectivity index (χ3n) is 5.18. The number of rotatable bonds is 3. The maximum Gasteiger partial charge on any atom is 0.321 e. The van der Waals surface area contributed by atoms with Gasteiger partial charge in [0.05, 0.1) is 13.1 Å². The summed E-state index contributed by atoms with van der Waals surface area (Å²) < 4.78 is 0. The molecule has 1 saturated carbocycles. The SMILES string of the molecule is C[C@@H](C(=O)NC(=O)NC1CCCCC1)[NH+]1CCCCCCC1. The number of hydrogen-bond donors (Lipinski definition) is 3. The number of carbonyl (C=O) groups is 2. The molecule has 3 N–H and O–H groups in total.